The van der Waals surface area contributed by atoms with E-state index in [9.17, 15) is 10.1 Å². The molecule has 7 heteroatoms. The van der Waals surface area contributed by atoms with Gasteiger partial charge in [0.1, 0.15) is 18.1 Å². The highest BCUT2D eigenvalue weighted by Gasteiger charge is 2.28. The fourth-order valence-electron chi connectivity index (χ4n) is 2.68. The van der Waals surface area contributed by atoms with Gasteiger partial charge in [0.25, 0.3) is 5.69 Å². The van der Waals surface area contributed by atoms with E-state index in [0.717, 1.165) is 12.4 Å². The molecule has 0 saturated carbocycles. The lowest BCUT2D eigenvalue weighted by Crippen LogP contribution is -2.43. The molecule has 3 rings (SSSR count). The summed E-state index contributed by atoms with van der Waals surface area (Å²) in [4.78, 5) is 16.9. The summed E-state index contributed by atoms with van der Waals surface area (Å²) in [7, 11) is 0. The Morgan fingerprint density at radius 3 is 2.95 bits per heavy atom. The summed E-state index contributed by atoms with van der Waals surface area (Å²) in [5.74, 6) is 0.762. The van der Waals surface area contributed by atoms with Crippen LogP contribution in [0.25, 0.3) is 0 Å². The first-order valence-electron chi connectivity index (χ1n) is 7.08. The molecule has 0 unspecified atom stereocenters. The zero-order chi connectivity index (χ0) is 15.7. The first kappa shape index (κ1) is 14.9. The van der Waals surface area contributed by atoms with Crippen molar-refractivity contribution in [3.8, 4) is 0 Å². The van der Waals surface area contributed by atoms with Gasteiger partial charge in [-0.05, 0) is 42.3 Å². The van der Waals surface area contributed by atoms with Gasteiger partial charge >= 0.3 is 0 Å². The number of nitrogens with zero attached hydrogens (tertiary/aromatic N) is 3. The van der Waals surface area contributed by atoms with Crippen molar-refractivity contribution in [1.29, 1.82) is 0 Å². The number of anilines is 1. The zero-order valence-electron chi connectivity index (χ0n) is 12.4. The van der Waals surface area contributed by atoms with Crippen LogP contribution in [-0.4, -0.2) is 29.1 Å². The average Bonchev–Trinajstić information content (AvgIpc) is 3.00. The van der Waals surface area contributed by atoms with Crippen LogP contribution in [-0.2, 0) is 4.74 Å². The van der Waals surface area contributed by atoms with E-state index in [4.69, 9.17) is 4.74 Å². The van der Waals surface area contributed by atoms with Crippen molar-refractivity contribution < 1.29 is 9.66 Å². The van der Waals surface area contributed by atoms with Gasteiger partial charge in [0.15, 0.2) is 0 Å². The van der Waals surface area contributed by atoms with Crippen LogP contribution in [0.1, 0.15) is 24.2 Å². The Morgan fingerprint density at radius 2 is 2.32 bits per heavy atom. The predicted molar refractivity (Wildman–Crippen MR) is 85.4 cm³/mol. The lowest BCUT2D eigenvalue weighted by molar-refractivity contribution is -0.385. The van der Waals surface area contributed by atoms with E-state index in [2.05, 4.69) is 21.3 Å². The molecule has 1 aliphatic rings. The SMILES string of the molecule is Cc1cc(N2C[C@H](C)O[C@@H](c3ccsc3)C2)ncc1[N+](=O)[O-]. The van der Waals surface area contributed by atoms with Gasteiger partial charge < -0.3 is 9.64 Å². The normalized spacial score (nSPS) is 21.8. The average molecular weight is 319 g/mol. The van der Waals surface area contributed by atoms with Gasteiger partial charge in [0.05, 0.1) is 11.0 Å². The topological polar surface area (TPSA) is 68.5 Å². The summed E-state index contributed by atoms with van der Waals surface area (Å²) in [5, 5.41) is 15.0. The highest BCUT2D eigenvalue weighted by Crippen LogP contribution is 2.30. The first-order valence-corrected chi connectivity index (χ1v) is 8.02. The summed E-state index contributed by atoms with van der Waals surface area (Å²) in [6, 6.07) is 3.85. The second-order valence-electron chi connectivity index (χ2n) is 5.48. The Labute approximate surface area is 132 Å². The Kier molecular flexibility index (Phi) is 4.08. The minimum Gasteiger partial charge on any atom is -0.367 e. The molecule has 22 heavy (non-hydrogen) atoms. The molecular weight excluding hydrogens is 302 g/mol. The van der Waals surface area contributed by atoms with Crippen molar-refractivity contribution in [3.05, 3.63) is 50.3 Å². The van der Waals surface area contributed by atoms with E-state index in [-0.39, 0.29) is 17.9 Å². The largest absolute Gasteiger partial charge is 0.367 e. The molecule has 1 fully saturated rings. The number of aryl methyl sites for hydroxylation is 1. The van der Waals surface area contributed by atoms with E-state index in [1.54, 1.807) is 24.3 Å². The van der Waals surface area contributed by atoms with Crippen LogP contribution >= 0.6 is 11.3 Å². The van der Waals surface area contributed by atoms with E-state index in [1.807, 2.05) is 12.3 Å². The molecular formula is C15H17N3O3S. The van der Waals surface area contributed by atoms with E-state index < -0.39 is 4.92 Å². The molecule has 0 spiro atoms. The second kappa shape index (κ2) is 6.02. The Hall–Kier alpha value is -1.99. The summed E-state index contributed by atoms with van der Waals surface area (Å²) in [6.45, 7) is 5.20. The lowest BCUT2D eigenvalue weighted by Gasteiger charge is -2.37. The molecule has 2 atom stereocenters. The molecule has 0 aliphatic carbocycles. The second-order valence-corrected chi connectivity index (χ2v) is 6.26. The summed E-state index contributed by atoms with van der Waals surface area (Å²) < 4.78 is 6.00. The zero-order valence-corrected chi connectivity index (χ0v) is 13.2. The van der Waals surface area contributed by atoms with Gasteiger partial charge in [-0.25, -0.2) is 4.98 Å². The minimum atomic E-state index is -0.401. The fraction of sp³-hybridized carbons (Fsp3) is 0.400. The molecule has 116 valence electrons. The molecule has 3 heterocycles. The van der Waals surface area contributed by atoms with E-state index in [0.29, 0.717) is 12.1 Å². The van der Waals surface area contributed by atoms with Crippen LogP contribution in [0.4, 0.5) is 11.5 Å². The molecule has 0 aromatic carbocycles. The number of aromatic nitrogens is 1. The summed E-state index contributed by atoms with van der Waals surface area (Å²) in [6.07, 6.45) is 1.42. The van der Waals surface area contributed by atoms with Crippen molar-refractivity contribution in [1.82, 2.24) is 4.98 Å². The number of hydrogen-bond donors (Lipinski definition) is 0. The maximum absolute atomic E-state index is 10.9. The van der Waals surface area contributed by atoms with Crippen molar-refractivity contribution >= 4 is 22.8 Å². The van der Waals surface area contributed by atoms with Gasteiger partial charge in [-0.2, -0.15) is 11.3 Å². The minimum absolute atomic E-state index is 0.00676. The highest BCUT2D eigenvalue weighted by atomic mass is 32.1. The number of nitro groups is 1. The van der Waals surface area contributed by atoms with Gasteiger partial charge in [0, 0.05) is 18.7 Å². The Bertz CT molecular complexity index is 675. The van der Waals surface area contributed by atoms with Crippen molar-refractivity contribution in [2.45, 2.75) is 26.1 Å². The summed E-state index contributed by atoms with van der Waals surface area (Å²) >= 11 is 1.65. The number of morpholine rings is 1. The van der Waals surface area contributed by atoms with E-state index >= 15 is 0 Å². The van der Waals surface area contributed by atoms with Gasteiger partial charge in [-0.3, -0.25) is 10.1 Å². The molecule has 1 aliphatic heterocycles. The monoisotopic (exact) mass is 319 g/mol. The number of thiophene rings is 1. The number of ether oxygens (including phenoxy) is 1. The molecule has 0 bridgehead atoms. The fourth-order valence-corrected chi connectivity index (χ4v) is 3.38. The lowest BCUT2D eigenvalue weighted by atomic mass is 10.1. The van der Waals surface area contributed by atoms with Crippen LogP contribution in [0.5, 0.6) is 0 Å². The molecule has 1 saturated heterocycles. The third-order valence-corrected chi connectivity index (χ3v) is 4.47. The standard InChI is InChI=1S/C15H17N3O3S/c1-10-5-15(16-6-13(10)18(19)20)17-7-11(2)21-14(8-17)12-3-4-22-9-12/h3-6,9,11,14H,7-8H2,1-2H3/t11-,14+/m0/s1. The van der Waals surface area contributed by atoms with Gasteiger partial charge in [0.2, 0.25) is 0 Å². The Morgan fingerprint density at radius 1 is 1.50 bits per heavy atom. The molecule has 2 aromatic rings. The van der Waals surface area contributed by atoms with Crippen molar-refractivity contribution in [2.75, 3.05) is 18.0 Å². The van der Waals surface area contributed by atoms with Crippen LogP contribution in [0, 0.1) is 17.0 Å². The molecule has 6 nitrogen and oxygen atoms in total. The Balaban J connectivity index is 1.84. The first-order chi connectivity index (χ1) is 10.5. The van der Waals surface area contributed by atoms with Crippen LogP contribution in [0.2, 0.25) is 0 Å². The molecule has 0 amide bonds. The van der Waals surface area contributed by atoms with Crippen LogP contribution < -0.4 is 4.90 Å². The predicted octanol–water partition coefficient (Wildman–Crippen LogP) is 3.33. The maximum Gasteiger partial charge on any atom is 0.290 e. The number of hydrogen-bond acceptors (Lipinski definition) is 6. The number of rotatable bonds is 3. The maximum atomic E-state index is 10.9. The third kappa shape index (κ3) is 2.95. The van der Waals surface area contributed by atoms with E-state index in [1.165, 1.54) is 11.8 Å². The summed E-state index contributed by atoms with van der Waals surface area (Å²) in [5.41, 5.74) is 1.85. The molecule has 0 N–H and O–H groups in total. The smallest absolute Gasteiger partial charge is 0.290 e. The highest BCUT2D eigenvalue weighted by molar-refractivity contribution is 7.07. The number of pyridine rings is 1. The van der Waals surface area contributed by atoms with Crippen LogP contribution in [0.15, 0.2) is 29.1 Å². The van der Waals surface area contributed by atoms with Gasteiger partial charge in [-0.15, -0.1) is 0 Å². The molecule has 2 aromatic heterocycles. The molecule has 0 radical (unpaired) electrons. The van der Waals surface area contributed by atoms with Crippen LogP contribution in [0.3, 0.4) is 0 Å². The van der Waals surface area contributed by atoms with Gasteiger partial charge in [-0.1, -0.05) is 0 Å². The van der Waals surface area contributed by atoms with Crippen molar-refractivity contribution in [3.63, 3.8) is 0 Å². The van der Waals surface area contributed by atoms with Crippen molar-refractivity contribution in [2.24, 2.45) is 0 Å². The quantitative estimate of drug-likeness (QED) is 0.641. The third-order valence-electron chi connectivity index (χ3n) is 3.76.